The summed E-state index contributed by atoms with van der Waals surface area (Å²) in [6.45, 7) is 13.1. The SMILES string of the molecule is CCNC(=NCc1ccc(OC(C)C)nc1)NCC(=O)NC(C)(C)C.I. The largest absolute Gasteiger partial charge is 0.475 e. The molecular formula is C18H32IN5O2. The maximum absolute atomic E-state index is 11.9. The Labute approximate surface area is 173 Å². The normalized spacial score (nSPS) is 11.6. The standard InChI is InChI=1S/C18H31N5O2.HI/c1-7-19-17(22-12-15(24)23-18(4,5)6)21-11-14-8-9-16(20-10-14)25-13(2)3;/h8-10,13H,7,11-12H2,1-6H3,(H,23,24)(H2,19,21,22);1H. The van der Waals surface area contributed by atoms with Gasteiger partial charge in [-0.3, -0.25) is 4.79 Å². The van der Waals surface area contributed by atoms with E-state index in [1.165, 1.54) is 0 Å². The predicted octanol–water partition coefficient (Wildman–Crippen LogP) is 2.46. The number of carbonyl (C=O) groups excluding carboxylic acids is 1. The third-order valence-electron chi connectivity index (χ3n) is 2.85. The Morgan fingerprint density at radius 2 is 1.96 bits per heavy atom. The number of pyridine rings is 1. The van der Waals surface area contributed by atoms with Gasteiger partial charge in [-0.25, -0.2) is 9.98 Å². The number of hydrogen-bond acceptors (Lipinski definition) is 4. The van der Waals surface area contributed by atoms with E-state index < -0.39 is 0 Å². The zero-order valence-corrected chi connectivity index (χ0v) is 18.9. The lowest BCUT2D eigenvalue weighted by molar-refractivity contribution is -0.121. The molecule has 7 nitrogen and oxygen atoms in total. The average Bonchev–Trinajstić information content (AvgIpc) is 2.49. The molecule has 1 rings (SSSR count). The molecule has 8 heteroatoms. The Hall–Kier alpha value is -1.58. The van der Waals surface area contributed by atoms with Crippen LogP contribution < -0.4 is 20.7 Å². The summed E-state index contributed by atoms with van der Waals surface area (Å²) < 4.78 is 5.52. The summed E-state index contributed by atoms with van der Waals surface area (Å²) in [4.78, 5) is 20.6. The maximum Gasteiger partial charge on any atom is 0.239 e. The van der Waals surface area contributed by atoms with E-state index in [0.717, 1.165) is 5.56 Å². The van der Waals surface area contributed by atoms with Gasteiger partial charge in [0.25, 0.3) is 0 Å². The summed E-state index contributed by atoms with van der Waals surface area (Å²) in [5.74, 6) is 1.12. The van der Waals surface area contributed by atoms with Crippen molar-refractivity contribution >= 4 is 35.8 Å². The van der Waals surface area contributed by atoms with Crippen molar-refractivity contribution < 1.29 is 9.53 Å². The van der Waals surface area contributed by atoms with Crippen molar-refractivity contribution in [2.45, 2.75) is 59.7 Å². The first-order chi connectivity index (χ1) is 11.7. The van der Waals surface area contributed by atoms with Crippen molar-refractivity contribution in [3.8, 4) is 5.88 Å². The number of rotatable bonds is 7. The second-order valence-electron chi connectivity index (χ2n) is 7.02. The molecule has 0 saturated heterocycles. The van der Waals surface area contributed by atoms with Gasteiger partial charge in [0.05, 0.1) is 19.2 Å². The Morgan fingerprint density at radius 1 is 1.27 bits per heavy atom. The molecule has 26 heavy (non-hydrogen) atoms. The van der Waals surface area contributed by atoms with Crippen molar-refractivity contribution in [1.29, 1.82) is 0 Å². The molecule has 0 bridgehead atoms. The van der Waals surface area contributed by atoms with E-state index in [0.29, 0.717) is 24.9 Å². The number of aromatic nitrogens is 1. The third-order valence-corrected chi connectivity index (χ3v) is 2.85. The van der Waals surface area contributed by atoms with Gasteiger partial charge in [-0.15, -0.1) is 24.0 Å². The van der Waals surface area contributed by atoms with E-state index in [1.807, 2.05) is 53.7 Å². The summed E-state index contributed by atoms with van der Waals surface area (Å²) in [6.07, 6.45) is 1.84. The van der Waals surface area contributed by atoms with E-state index in [2.05, 4.69) is 25.9 Å². The first kappa shape index (κ1) is 24.4. The minimum atomic E-state index is -0.250. The number of carbonyl (C=O) groups is 1. The Balaban J connectivity index is 0.00000625. The van der Waals surface area contributed by atoms with Crippen molar-refractivity contribution in [1.82, 2.24) is 20.9 Å². The average molecular weight is 477 g/mol. The van der Waals surface area contributed by atoms with Crippen LogP contribution >= 0.6 is 24.0 Å². The van der Waals surface area contributed by atoms with Gasteiger partial charge in [0, 0.05) is 24.3 Å². The molecule has 1 aromatic rings. The van der Waals surface area contributed by atoms with Gasteiger partial charge in [-0.2, -0.15) is 0 Å². The van der Waals surface area contributed by atoms with E-state index in [1.54, 1.807) is 6.20 Å². The van der Waals surface area contributed by atoms with E-state index in [-0.39, 0.29) is 48.1 Å². The zero-order chi connectivity index (χ0) is 18.9. The van der Waals surface area contributed by atoms with Crippen LogP contribution in [0.4, 0.5) is 0 Å². The summed E-state index contributed by atoms with van der Waals surface area (Å²) in [6, 6.07) is 3.77. The highest BCUT2D eigenvalue weighted by Gasteiger charge is 2.13. The fraction of sp³-hybridized carbons (Fsp3) is 0.611. The molecule has 1 heterocycles. The minimum absolute atomic E-state index is 0. The number of halogens is 1. The Kier molecular flexibility index (Phi) is 11.2. The summed E-state index contributed by atoms with van der Waals surface area (Å²) in [5, 5.41) is 9.06. The topological polar surface area (TPSA) is 87.6 Å². The predicted molar refractivity (Wildman–Crippen MR) is 116 cm³/mol. The summed E-state index contributed by atoms with van der Waals surface area (Å²) >= 11 is 0. The highest BCUT2D eigenvalue weighted by Crippen LogP contribution is 2.10. The van der Waals surface area contributed by atoms with Gasteiger partial charge in [-0.1, -0.05) is 6.07 Å². The molecule has 0 spiro atoms. The van der Waals surface area contributed by atoms with Gasteiger partial charge in [0.15, 0.2) is 5.96 Å². The number of hydrogen-bond donors (Lipinski definition) is 3. The maximum atomic E-state index is 11.9. The molecule has 0 aromatic carbocycles. The molecule has 0 saturated carbocycles. The smallest absolute Gasteiger partial charge is 0.239 e. The molecule has 3 N–H and O–H groups in total. The lowest BCUT2D eigenvalue weighted by Crippen LogP contribution is -2.48. The minimum Gasteiger partial charge on any atom is -0.475 e. The van der Waals surface area contributed by atoms with Crippen molar-refractivity contribution in [3.05, 3.63) is 23.9 Å². The summed E-state index contributed by atoms with van der Waals surface area (Å²) in [5.41, 5.74) is 0.715. The van der Waals surface area contributed by atoms with Crippen molar-refractivity contribution in [2.75, 3.05) is 13.1 Å². The Morgan fingerprint density at radius 3 is 2.46 bits per heavy atom. The monoisotopic (exact) mass is 477 g/mol. The first-order valence-electron chi connectivity index (χ1n) is 8.64. The number of ether oxygens (including phenoxy) is 1. The van der Waals surface area contributed by atoms with Crippen LogP contribution in [0.1, 0.15) is 47.1 Å². The van der Waals surface area contributed by atoms with Crippen LogP contribution in [0.15, 0.2) is 23.3 Å². The second kappa shape index (κ2) is 11.9. The zero-order valence-electron chi connectivity index (χ0n) is 16.5. The number of nitrogens with one attached hydrogen (secondary N) is 3. The highest BCUT2D eigenvalue weighted by atomic mass is 127. The molecule has 0 atom stereocenters. The Bertz CT molecular complexity index is 568. The molecule has 148 valence electrons. The number of nitrogens with zero attached hydrogens (tertiary/aromatic N) is 2. The van der Waals surface area contributed by atoms with Crippen molar-refractivity contribution in [3.63, 3.8) is 0 Å². The van der Waals surface area contributed by atoms with Crippen molar-refractivity contribution in [2.24, 2.45) is 4.99 Å². The molecule has 0 unspecified atom stereocenters. The van der Waals surface area contributed by atoms with Crippen LogP contribution in [0, 0.1) is 0 Å². The molecule has 1 amide bonds. The lowest BCUT2D eigenvalue weighted by atomic mass is 10.1. The summed E-state index contributed by atoms with van der Waals surface area (Å²) in [7, 11) is 0. The van der Waals surface area contributed by atoms with Crippen LogP contribution in [0.3, 0.4) is 0 Å². The third kappa shape index (κ3) is 11.1. The fourth-order valence-electron chi connectivity index (χ4n) is 1.95. The van der Waals surface area contributed by atoms with Crippen LogP contribution in [0.5, 0.6) is 5.88 Å². The van der Waals surface area contributed by atoms with E-state index in [9.17, 15) is 4.79 Å². The highest BCUT2D eigenvalue weighted by molar-refractivity contribution is 14.0. The molecule has 0 fully saturated rings. The van der Waals surface area contributed by atoms with E-state index >= 15 is 0 Å². The molecule has 0 aliphatic heterocycles. The van der Waals surface area contributed by atoms with Gasteiger partial charge in [0.1, 0.15) is 0 Å². The molecule has 0 radical (unpaired) electrons. The van der Waals surface area contributed by atoms with Gasteiger partial charge >= 0.3 is 0 Å². The number of amides is 1. The second-order valence-corrected chi connectivity index (χ2v) is 7.02. The molecular weight excluding hydrogens is 445 g/mol. The van der Waals surface area contributed by atoms with E-state index in [4.69, 9.17) is 4.74 Å². The van der Waals surface area contributed by atoms with Gasteiger partial charge in [0.2, 0.25) is 11.8 Å². The van der Waals surface area contributed by atoms with Crippen LogP contribution in [-0.4, -0.2) is 41.6 Å². The molecule has 0 aliphatic rings. The fourth-order valence-corrected chi connectivity index (χ4v) is 1.95. The lowest BCUT2D eigenvalue weighted by Gasteiger charge is -2.21. The quantitative estimate of drug-likeness (QED) is 0.319. The number of guanidine groups is 1. The van der Waals surface area contributed by atoms with Gasteiger partial charge < -0.3 is 20.7 Å². The molecule has 0 aliphatic carbocycles. The van der Waals surface area contributed by atoms with Crippen LogP contribution in [-0.2, 0) is 11.3 Å². The number of aliphatic imine (C=N–C) groups is 1. The molecule has 1 aromatic heterocycles. The van der Waals surface area contributed by atoms with Crippen LogP contribution in [0.2, 0.25) is 0 Å². The van der Waals surface area contributed by atoms with Gasteiger partial charge in [-0.05, 0) is 47.1 Å². The van der Waals surface area contributed by atoms with Crippen LogP contribution in [0.25, 0.3) is 0 Å². The first-order valence-corrected chi connectivity index (χ1v) is 8.64.